The van der Waals surface area contributed by atoms with E-state index in [0.29, 0.717) is 11.9 Å². The lowest BCUT2D eigenvalue weighted by Gasteiger charge is -2.15. The van der Waals surface area contributed by atoms with Crippen molar-refractivity contribution in [1.82, 2.24) is 10.3 Å². The number of nitrogens with zero attached hydrogens (tertiary/aromatic N) is 1. The Morgan fingerprint density at radius 1 is 1.22 bits per heavy atom. The highest BCUT2D eigenvalue weighted by molar-refractivity contribution is 6.17. The molecule has 3 heteroatoms. The van der Waals surface area contributed by atoms with Crippen molar-refractivity contribution in [2.24, 2.45) is 0 Å². The van der Waals surface area contributed by atoms with Gasteiger partial charge in [-0.2, -0.15) is 0 Å². The molecule has 0 saturated carbocycles. The second-order valence-corrected chi connectivity index (χ2v) is 4.84. The van der Waals surface area contributed by atoms with E-state index in [-0.39, 0.29) is 0 Å². The van der Waals surface area contributed by atoms with Crippen LogP contribution in [-0.2, 0) is 6.54 Å². The van der Waals surface area contributed by atoms with Crippen LogP contribution in [0.5, 0.6) is 0 Å². The molecule has 0 spiro atoms. The van der Waals surface area contributed by atoms with Gasteiger partial charge >= 0.3 is 0 Å². The molecule has 1 unspecified atom stereocenters. The van der Waals surface area contributed by atoms with Gasteiger partial charge in [0.1, 0.15) is 0 Å². The Morgan fingerprint density at radius 2 is 2.06 bits per heavy atom. The Kier molecular flexibility index (Phi) is 4.97. The van der Waals surface area contributed by atoms with Crippen LogP contribution in [0, 0.1) is 0 Å². The first-order valence-corrected chi connectivity index (χ1v) is 7.01. The minimum absolute atomic E-state index is 0.482. The predicted molar refractivity (Wildman–Crippen MR) is 78.0 cm³/mol. The van der Waals surface area contributed by atoms with Gasteiger partial charge in [-0.05, 0) is 25.0 Å². The average molecular weight is 263 g/mol. The second kappa shape index (κ2) is 6.72. The van der Waals surface area contributed by atoms with Crippen LogP contribution in [0.3, 0.4) is 0 Å². The SMILES string of the molecule is CCC(CCCl)NCc1ccc2ccccc2n1. The van der Waals surface area contributed by atoms with E-state index in [2.05, 4.69) is 41.5 Å². The molecular formula is C15H19ClN2. The van der Waals surface area contributed by atoms with Crippen LogP contribution in [0.15, 0.2) is 36.4 Å². The number of pyridine rings is 1. The van der Waals surface area contributed by atoms with Crippen molar-refractivity contribution in [3.63, 3.8) is 0 Å². The summed E-state index contributed by atoms with van der Waals surface area (Å²) in [7, 11) is 0. The molecule has 2 aromatic rings. The number of alkyl halides is 1. The average Bonchev–Trinajstić information content (AvgIpc) is 2.43. The number of benzene rings is 1. The van der Waals surface area contributed by atoms with Gasteiger partial charge in [0, 0.05) is 23.9 Å². The van der Waals surface area contributed by atoms with Gasteiger partial charge in [0.05, 0.1) is 11.2 Å². The first-order valence-electron chi connectivity index (χ1n) is 6.47. The summed E-state index contributed by atoms with van der Waals surface area (Å²) >= 11 is 5.78. The van der Waals surface area contributed by atoms with Gasteiger partial charge in [0.15, 0.2) is 0 Å². The molecule has 0 radical (unpaired) electrons. The molecule has 1 heterocycles. The smallest absolute Gasteiger partial charge is 0.0705 e. The summed E-state index contributed by atoms with van der Waals surface area (Å²) in [5.74, 6) is 0.705. The van der Waals surface area contributed by atoms with E-state index in [1.54, 1.807) is 0 Å². The van der Waals surface area contributed by atoms with Crippen LogP contribution in [0.25, 0.3) is 10.9 Å². The van der Waals surface area contributed by atoms with Gasteiger partial charge in [-0.1, -0.05) is 31.2 Å². The van der Waals surface area contributed by atoms with Crippen molar-refractivity contribution < 1.29 is 0 Å². The Labute approximate surface area is 113 Å². The lowest BCUT2D eigenvalue weighted by molar-refractivity contribution is 0.483. The van der Waals surface area contributed by atoms with Crippen molar-refractivity contribution in [3.05, 3.63) is 42.1 Å². The maximum atomic E-state index is 5.78. The maximum Gasteiger partial charge on any atom is 0.0705 e. The number of para-hydroxylation sites is 1. The van der Waals surface area contributed by atoms with Crippen molar-refractivity contribution in [2.75, 3.05) is 5.88 Å². The van der Waals surface area contributed by atoms with Crippen molar-refractivity contribution >= 4 is 22.5 Å². The van der Waals surface area contributed by atoms with Gasteiger partial charge in [-0.3, -0.25) is 4.98 Å². The summed E-state index contributed by atoms with van der Waals surface area (Å²) in [6.45, 7) is 2.98. The molecule has 0 aliphatic heterocycles. The highest BCUT2D eigenvalue weighted by Crippen LogP contribution is 2.12. The molecule has 0 saturated heterocycles. The molecule has 1 aromatic heterocycles. The molecular weight excluding hydrogens is 244 g/mol. The third-order valence-corrected chi connectivity index (χ3v) is 3.40. The minimum Gasteiger partial charge on any atom is -0.308 e. The van der Waals surface area contributed by atoms with E-state index in [9.17, 15) is 0 Å². The number of halogens is 1. The predicted octanol–water partition coefficient (Wildman–Crippen LogP) is 3.73. The zero-order valence-electron chi connectivity index (χ0n) is 10.7. The molecule has 1 aromatic carbocycles. The van der Waals surface area contributed by atoms with Gasteiger partial charge in [0.2, 0.25) is 0 Å². The molecule has 0 bridgehead atoms. The highest BCUT2D eigenvalue weighted by atomic mass is 35.5. The molecule has 0 fully saturated rings. The van der Waals surface area contributed by atoms with Crippen molar-refractivity contribution in [1.29, 1.82) is 0 Å². The quantitative estimate of drug-likeness (QED) is 0.803. The lowest BCUT2D eigenvalue weighted by Crippen LogP contribution is -2.28. The number of rotatable bonds is 6. The molecule has 2 nitrogen and oxygen atoms in total. The number of hydrogen-bond donors (Lipinski definition) is 1. The zero-order chi connectivity index (χ0) is 12.8. The molecule has 0 amide bonds. The molecule has 0 aliphatic carbocycles. The fraction of sp³-hybridized carbons (Fsp3) is 0.400. The molecule has 96 valence electrons. The topological polar surface area (TPSA) is 24.9 Å². The number of aromatic nitrogens is 1. The van der Waals surface area contributed by atoms with Crippen molar-refractivity contribution in [3.8, 4) is 0 Å². The molecule has 1 atom stereocenters. The standard InChI is InChI=1S/C15H19ClN2/c1-2-13(9-10-16)17-11-14-8-7-12-5-3-4-6-15(12)18-14/h3-8,13,17H,2,9-11H2,1H3. The molecule has 0 aliphatic rings. The number of fused-ring (bicyclic) bond motifs is 1. The van der Waals surface area contributed by atoms with Crippen LogP contribution < -0.4 is 5.32 Å². The summed E-state index contributed by atoms with van der Waals surface area (Å²) in [5.41, 5.74) is 2.14. The van der Waals surface area contributed by atoms with E-state index in [0.717, 1.165) is 30.6 Å². The van der Waals surface area contributed by atoms with Crippen LogP contribution in [-0.4, -0.2) is 16.9 Å². The summed E-state index contributed by atoms with van der Waals surface area (Å²) in [4.78, 5) is 4.65. The summed E-state index contributed by atoms with van der Waals surface area (Å²) in [6.07, 6.45) is 2.10. The fourth-order valence-corrected chi connectivity index (χ4v) is 2.30. The normalized spacial score (nSPS) is 12.8. The molecule has 18 heavy (non-hydrogen) atoms. The monoisotopic (exact) mass is 262 g/mol. The van der Waals surface area contributed by atoms with E-state index in [1.807, 2.05) is 12.1 Å². The van der Waals surface area contributed by atoms with Gasteiger partial charge < -0.3 is 5.32 Å². The Bertz CT molecular complexity index is 499. The number of nitrogens with one attached hydrogen (secondary N) is 1. The van der Waals surface area contributed by atoms with Crippen LogP contribution in [0.4, 0.5) is 0 Å². The maximum absolute atomic E-state index is 5.78. The second-order valence-electron chi connectivity index (χ2n) is 4.46. The Balaban J connectivity index is 2.03. The largest absolute Gasteiger partial charge is 0.308 e. The van der Waals surface area contributed by atoms with E-state index in [4.69, 9.17) is 11.6 Å². The molecule has 2 rings (SSSR count). The van der Waals surface area contributed by atoms with Gasteiger partial charge in [-0.15, -0.1) is 11.6 Å². The van der Waals surface area contributed by atoms with Crippen LogP contribution in [0.1, 0.15) is 25.5 Å². The van der Waals surface area contributed by atoms with Gasteiger partial charge in [0.25, 0.3) is 0 Å². The minimum atomic E-state index is 0.482. The first kappa shape index (κ1) is 13.3. The van der Waals surface area contributed by atoms with Crippen LogP contribution >= 0.6 is 11.6 Å². The summed E-state index contributed by atoms with van der Waals surface area (Å²) < 4.78 is 0. The van der Waals surface area contributed by atoms with Crippen molar-refractivity contribution in [2.45, 2.75) is 32.4 Å². The Morgan fingerprint density at radius 3 is 2.83 bits per heavy atom. The summed E-state index contributed by atoms with van der Waals surface area (Å²) in [6, 6.07) is 12.9. The van der Waals surface area contributed by atoms with E-state index in [1.165, 1.54) is 5.39 Å². The fourth-order valence-electron chi connectivity index (χ4n) is 2.04. The Hall–Kier alpha value is -1.12. The third kappa shape index (κ3) is 3.44. The van der Waals surface area contributed by atoms with E-state index >= 15 is 0 Å². The first-order chi connectivity index (χ1) is 8.83. The lowest BCUT2D eigenvalue weighted by atomic mass is 10.1. The third-order valence-electron chi connectivity index (χ3n) is 3.18. The van der Waals surface area contributed by atoms with Crippen LogP contribution in [0.2, 0.25) is 0 Å². The number of hydrogen-bond acceptors (Lipinski definition) is 2. The highest BCUT2D eigenvalue weighted by Gasteiger charge is 2.05. The summed E-state index contributed by atoms with van der Waals surface area (Å²) in [5, 5.41) is 4.69. The van der Waals surface area contributed by atoms with E-state index < -0.39 is 0 Å². The van der Waals surface area contributed by atoms with Gasteiger partial charge in [-0.25, -0.2) is 0 Å². The zero-order valence-corrected chi connectivity index (χ0v) is 11.5. The molecule has 1 N–H and O–H groups in total.